The van der Waals surface area contributed by atoms with Gasteiger partial charge in [-0.2, -0.15) is 0 Å². The van der Waals surface area contributed by atoms with E-state index in [9.17, 15) is 4.79 Å². The Morgan fingerprint density at radius 1 is 0.957 bits per heavy atom. The Morgan fingerprint density at radius 3 is 2.39 bits per heavy atom. The first-order valence-corrected chi connectivity index (χ1v) is 9.36. The number of hydrogen-bond acceptors (Lipinski definition) is 2. The van der Waals surface area contributed by atoms with Gasteiger partial charge in [-0.3, -0.25) is 4.79 Å². The molecule has 0 heterocycles. The van der Waals surface area contributed by atoms with E-state index in [2.05, 4.69) is 31.2 Å². The van der Waals surface area contributed by atoms with Crippen LogP contribution in [0.4, 0.5) is 0 Å². The van der Waals surface area contributed by atoms with Crippen LogP contribution in [0.25, 0.3) is 0 Å². The van der Waals surface area contributed by atoms with Gasteiger partial charge in [0.1, 0.15) is 0 Å². The molecular formula is C20H36O3. The molecule has 1 unspecified atom stereocenters. The van der Waals surface area contributed by atoms with Gasteiger partial charge in [-0.25, -0.2) is 0 Å². The molecule has 0 saturated carbocycles. The summed E-state index contributed by atoms with van der Waals surface area (Å²) < 4.78 is 0. The third-order valence-electron chi connectivity index (χ3n) is 4.07. The molecular weight excluding hydrogens is 288 g/mol. The second kappa shape index (κ2) is 17.3. The van der Waals surface area contributed by atoms with Crippen LogP contribution < -0.4 is 0 Å². The lowest BCUT2D eigenvalue weighted by Gasteiger charge is -2.09. The summed E-state index contributed by atoms with van der Waals surface area (Å²) in [7, 11) is 0. The van der Waals surface area contributed by atoms with E-state index in [0.717, 1.165) is 32.1 Å². The normalized spacial score (nSPS) is 13.1. The first-order valence-electron chi connectivity index (χ1n) is 9.36. The minimum absolute atomic E-state index is 0.271. The van der Waals surface area contributed by atoms with Crippen LogP contribution >= 0.6 is 0 Å². The lowest BCUT2D eigenvalue weighted by atomic mass is 9.97. The highest BCUT2D eigenvalue weighted by Crippen LogP contribution is 2.15. The number of hydrogen-bond donors (Lipinski definition) is 2. The molecule has 0 radical (unpaired) electrons. The van der Waals surface area contributed by atoms with E-state index in [4.69, 9.17) is 10.2 Å². The molecule has 0 bridgehead atoms. The number of carboxylic acids is 1. The van der Waals surface area contributed by atoms with Crippen molar-refractivity contribution in [2.24, 2.45) is 5.92 Å². The van der Waals surface area contributed by atoms with Crippen LogP contribution in [-0.4, -0.2) is 22.8 Å². The summed E-state index contributed by atoms with van der Waals surface area (Å²) in [5.74, 6) is -0.181. The number of carboxylic acid groups (broad SMARTS) is 1. The minimum atomic E-state index is -0.686. The molecule has 0 rings (SSSR count). The van der Waals surface area contributed by atoms with Crippen molar-refractivity contribution in [3.63, 3.8) is 0 Å². The summed E-state index contributed by atoms with van der Waals surface area (Å²) in [6.45, 7) is 2.48. The summed E-state index contributed by atoms with van der Waals surface area (Å²) in [4.78, 5) is 10.4. The Morgan fingerprint density at radius 2 is 1.70 bits per heavy atom. The molecule has 134 valence electrons. The number of carbonyl (C=O) groups is 1. The largest absolute Gasteiger partial charge is 0.481 e. The number of unbranched alkanes of at least 4 members (excludes halogenated alkanes) is 7. The number of aliphatic hydroxyl groups excluding tert-OH is 1. The van der Waals surface area contributed by atoms with Crippen molar-refractivity contribution in [2.45, 2.75) is 84.0 Å². The molecule has 23 heavy (non-hydrogen) atoms. The molecule has 2 N–H and O–H groups in total. The maximum absolute atomic E-state index is 10.4. The molecule has 3 heteroatoms. The van der Waals surface area contributed by atoms with Gasteiger partial charge in [-0.15, -0.1) is 0 Å². The summed E-state index contributed by atoms with van der Waals surface area (Å²) >= 11 is 0. The van der Waals surface area contributed by atoms with Crippen LogP contribution in [0.15, 0.2) is 24.3 Å². The van der Waals surface area contributed by atoms with Gasteiger partial charge in [-0.05, 0) is 38.0 Å². The number of aliphatic hydroxyl groups is 1. The predicted octanol–water partition coefficient (Wildman–Crippen LogP) is 5.49. The van der Waals surface area contributed by atoms with Gasteiger partial charge < -0.3 is 10.2 Å². The quantitative estimate of drug-likeness (QED) is 0.291. The van der Waals surface area contributed by atoms with E-state index in [-0.39, 0.29) is 6.61 Å². The number of aliphatic carboxylic acids is 1. The van der Waals surface area contributed by atoms with Gasteiger partial charge in [-0.1, -0.05) is 69.8 Å². The highest BCUT2D eigenvalue weighted by Gasteiger charge is 2.02. The van der Waals surface area contributed by atoms with Crippen LogP contribution in [-0.2, 0) is 4.79 Å². The highest BCUT2D eigenvalue weighted by molar-refractivity contribution is 5.66. The molecule has 0 saturated heterocycles. The van der Waals surface area contributed by atoms with E-state index >= 15 is 0 Å². The molecule has 3 nitrogen and oxygen atoms in total. The van der Waals surface area contributed by atoms with Crippen molar-refractivity contribution in [1.29, 1.82) is 0 Å². The summed E-state index contributed by atoms with van der Waals surface area (Å²) in [6.07, 6.45) is 21.2. The smallest absolute Gasteiger partial charge is 0.303 e. The Hall–Kier alpha value is -1.09. The standard InChI is InChI=1S/C20H36O3/c1-2-3-11-14-19(17-18-21)15-12-9-7-5-4-6-8-10-13-16-20(22)23/h7,9,12,15,19,21H,2-6,8,10-11,13-14,16-18H2,1H3,(H,22,23)/b9-7+,15-12+. The molecule has 0 aliphatic rings. The zero-order valence-corrected chi connectivity index (χ0v) is 14.9. The first kappa shape index (κ1) is 21.9. The molecule has 0 aliphatic heterocycles. The first-order chi connectivity index (χ1) is 11.2. The second-order valence-corrected chi connectivity index (χ2v) is 6.28. The molecule has 0 aromatic heterocycles. The Bertz CT molecular complexity index is 321. The van der Waals surface area contributed by atoms with Crippen molar-refractivity contribution in [2.75, 3.05) is 6.61 Å². The van der Waals surface area contributed by atoms with Gasteiger partial charge >= 0.3 is 5.97 Å². The topological polar surface area (TPSA) is 57.5 Å². The van der Waals surface area contributed by atoms with E-state index in [0.29, 0.717) is 12.3 Å². The van der Waals surface area contributed by atoms with Crippen molar-refractivity contribution in [1.82, 2.24) is 0 Å². The van der Waals surface area contributed by atoms with Gasteiger partial charge in [0.25, 0.3) is 0 Å². The minimum Gasteiger partial charge on any atom is -0.481 e. The van der Waals surface area contributed by atoms with Gasteiger partial charge in [0, 0.05) is 13.0 Å². The molecule has 0 fully saturated rings. The van der Waals surface area contributed by atoms with Crippen LogP contribution in [0.2, 0.25) is 0 Å². The molecule has 0 aromatic rings. The third-order valence-corrected chi connectivity index (χ3v) is 4.07. The molecule has 0 spiro atoms. The van der Waals surface area contributed by atoms with Gasteiger partial charge in [0.2, 0.25) is 0 Å². The summed E-state index contributed by atoms with van der Waals surface area (Å²) in [5.41, 5.74) is 0. The zero-order valence-electron chi connectivity index (χ0n) is 14.9. The Kier molecular flexibility index (Phi) is 16.4. The highest BCUT2D eigenvalue weighted by atomic mass is 16.4. The van der Waals surface area contributed by atoms with Crippen LogP contribution in [0.5, 0.6) is 0 Å². The maximum Gasteiger partial charge on any atom is 0.303 e. The van der Waals surface area contributed by atoms with Crippen molar-refractivity contribution in [3.8, 4) is 0 Å². The molecule has 0 aliphatic carbocycles. The fourth-order valence-electron chi connectivity index (χ4n) is 2.62. The van der Waals surface area contributed by atoms with Gasteiger partial charge in [0.15, 0.2) is 0 Å². The Balaban J connectivity index is 3.62. The van der Waals surface area contributed by atoms with E-state index in [1.54, 1.807) is 0 Å². The fraction of sp³-hybridized carbons (Fsp3) is 0.750. The average molecular weight is 325 g/mol. The fourth-order valence-corrected chi connectivity index (χ4v) is 2.62. The SMILES string of the molecule is CCCCCC(/C=C/C=C/CCCCCCCC(=O)O)CCO. The maximum atomic E-state index is 10.4. The predicted molar refractivity (Wildman–Crippen MR) is 97.6 cm³/mol. The van der Waals surface area contributed by atoms with Crippen molar-refractivity contribution < 1.29 is 15.0 Å². The second-order valence-electron chi connectivity index (χ2n) is 6.28. The lowest BCUT2D eigenvalue weighted by molar-refractivity contribution is -0.137. The summed E-state index contributed by atoms with van der Waals surface area (Å²) in [5, 5.41) is 17.6. The molecule has 0 aromatic carbocycles. The monoisotopic (exact) mass is 324 g/mol. The molecule has 0 amide bonds. The van der Waals surface area contributed by atoms with Crippen LogP contribution in [0, 0.1) is 5.92 Å². The molecule has 1 atom stereocenters. The van der Waals surface area contributed by atoms with Crippen LogP contribution in [0.1, 0.15) is 84.0 Å². The lowest BCUT2D eigenvalue weighted by Crippen LogP contribution is -1.99. The number of allylic oxidation sites excluding steroid dienone is 4. The van der Waals surface area contributed by atoms with E-state index < -0.39 is 5.97 Å². The van der Waals surface area contributed by atoms with E-state index in [1.165, 1.54) is 38.5 Å². The summed E-state index contributed by atoms with van der Waals surface area (Å²) in [6, 6.07) is 0. The number of rotatable bonds is 16. The Labute approximate surface area is 142 Å². The third kappa shape index (κ3) is 17.1. The van der Waals surface area contributed by atoms with Gasteiger partial charge in [0.05, 0.1) is 0 Å². The van der Waals surface area contributed by atoms with Crippen molar-refractivity contribution >= 4 is 5.97 Å². The van der Waals surface area contributed by atoms with E-state index in [1.807, 2.05) is 0 Å². The van der Waals surface area contributed by atoms with Crippen LogP contribution in [0.3, 0.4) is 0 Å². The average Bonchev–Trinajstić information content (AvgIpc) is 2.52. The van der Waals surface area contributed by atoms with Crippen molar-refractivity contribution in [3.05, 3.63) is 24.3 Å². The zero-order chi connectivity index (χ0) is 17.2.